The van der Waals surface area contributed by atoms with E-state index in [-0.39, 0.29) is 0 Å². The Morgan fingerprint density at radius 1 is 1.03 bits per heavy atom. The van der Waals surface area contributed by atoms with Crippen LogP contribution in [0.2, 0.25) is 0 Å². The van der Waals surface area contributed by atoms with Gasteiger partial charge in [0.1, 0.15) is 28.3 Å². The van der Waals surface area contributed by atoms with Gasteiger partial charge in [0.25, 0.3) is 0 Å². The number of benzene rings is 1. The smallest absolute Gasteiger partial charge is 0.190 e. The minimum atomic E-state index is 0.526. The summed E-state index contributed by atoms with van der Waals surface area (Å²) in [4.78, 5) is 32.3. The molecule has 0 unspecified atom stereocenters. The average Bonchev–Trinajstić information content (AvgIpc) is 3.27. The number of nitrogens with zero attached hydrogens (tertiary/aromatic N) is 6. The predicted octanol–water partition coefficient (Wildman–Crippen LogP) is 4.22. The van der Waals surface area contributed by atoms with Crippen molar-refractivity contribution in [3.05, 3.63) is 65.9 Å². The zero-order chi connectivity index (χ0) is 24.2. The number of aryl methyl sites for hydroxylation is 1. The second kappa shape index (κ2) is 10.5. The van der Waals surface area contributed by atoms with Gasteiger partial charge in [-0.3, -0.25) is 9.80 Å². The summed E-state index contributed by atoms with van der Waals surface area (Å²) in [5.74, 6) is 1.66. The topological polar surface area (TPSA) is 77.5 Å². The Balaban J connectivity index is 1.26. The molecule has 1 saturated heterocycles. The third-order valence-electron chi connectivity index (χ3n) is 6.27. The van der Waals surface area contributed by atoms with Gasteiger partial charge in [0, 0.05) is 51.7 Å². The van der Waals surface area contributed by atoms with Gasteiger partial charge in [-0.15, -0.1) is 0 Å². The average molecular weight is 488 g/mol. The highest BCUT2D eigenvalue weighted by Gasteiger charge is 2.17. The maximum atomic E-state index is 10.7. The summed E-state index contributed by atoms with van der Waals surface area (Å²) in [7, 11) is 2.02. The van der Waals surface area contributed by atoms with E-state index in [1.807, 2.05) is 25.4 Å². The van der Waals surface area contributed by atoms with Crippen LogP contribution in [-0.2, 0) is 11.3 Å². The third kappa shape index (κ3) is 5.64. The van der Waals surface area contributed by atoms with E-state index in [4.69, 9.17) is 9.97 Å². The van der Waals surface area contributed by atoms with E-state index in [0.29, 0.717) is 6.54 Å². The fourth-order valence-corrected chi connectivity index (χ4v) is 5.03. The molecule has 1 N–H and O–H groups in total. The predicted molar refractivity (Wildman–Crippen MR) is 142 cm³/mol. The van der Waals surface area contributed by atoms with Gasteiger partial charge in [0.2, 0.25) is 0 Å². The summed E-state index contributed by atoms with van der Waals surface area (Å²) in [6.45, 7) is 7.25. The van der Waals surface area contributed by atoms with Gasteiger partial charge in [0.15, 0.2) is 5.13 Å². The molecule has 1 aromatic carbocycles. The Morgan fingerprint density at radius 3 is 2.57 bits per heavy atom. The first kappa shape index (κ1) is 23.3. The van der Waals surface area contributed by atoms with Gasteiger partial charge in [-0.05, 0) is 48.9 Å². The van der Waals surface area contributed by atoms with Crippen molar-refractivity contribution in [2.24, 2.45) is 0 Å². The van der Waals surface area contributed by atoms with Crippen molar-refractivity contribution in [2.45, 2.75) is 13.5 Å². The van der Waals surface area contributed by atoms with Crippen LogP contribution < -0.4 is 10.2 Å². The number of carbonyl (C=O) groups excluding carboxylic acids is 1. The molecule has 5 rings (SSSR count). The number of piperazine rings is 1. The minimum absolute atomic E-state index is 0.526. The van der Waals surface area contributed by atoms with Crippen molar-refractivity contribution in [2.75, 3.05) is 50.0 Å². The second-order valence-corrected chi connectivity index (χ2v) is 9.80. The van der Waals surface area contributed by atoms with Gasteiger partial charge < -0.3 is 15.0 Å². The van der Waals surface area contributed by atoms with Crippen LogP contribution in [0.3, 0.4) is 0 Å². The van der Waals surface area contributed by atoms with E-state index in [1.54, 1.807) is 0 Å². The molecule has 4 heterocycles. The summed E-state index contributed by atoms with van der Waals surface area (Å²) in [5.41, 5.74) is 4.39. The molecule has 0 amide bonds. The molecular weight excluding hydrogens is 458 g/mol. The first-order valence-electron chi connectivity index (χ1n) is 11.8. The summed E-state index contributed by atoms with van der Waals surface area (Å²) < 4.78 is 0. The first-order chi connectivity index (χ1) is 17.1. The molecule has 1 aliphatic heterocycles. The third-order valence-corrected chi connectivity index (χ3v) is 7.15. The van der Waals surface area contributed by atoms with Gasteiger partial charge in [-0.2, -0.15) is 0 Å². The molecule has 0 spiro atoms. The van der Waals surface area contributed by atoms with Crippen LogP contribution in [0, 0.1) is 6.92 Å². The monoisotopic (exact) mass is 487 g/mol. The van der Waals surface area contributed by atoms with E-state index in [1.165, 1.54) is 22.5 Å². The highest BCUT2D eigenvalue weighted by molar-refractivity contribution is 7.21. The molecule has 1 fully saturated rings. The Labute approximate surface area is 209 Å². The number of fused-ring (bicyclic) bond motifs is 1. The Hall–Kier alpha value is -3.40. The normalized spacial score (nSPS) is 14.8. The van der Waals surface area contributed by atoms with E-state index >= 15 is 0 Å². The zero-order valence-electron chi connectivity index (χ0n) is 20.0. The molecule has 8 nitrogen and oxygen atoms in total. The molecule has 0 aliphatic carbocycles. The summed E-state index contributed by atoms with van der Waals surface area (Å²) in [6, 6.07) is 16.6. The van der Waals surface area contributed by atoms with Crippen molar-refractivity contribution in [1.29, 1.82) is 0 Å². The summed E-state index contributed by atoms with van der Waals surface area (Å²) in [6.07, 6.45) is 2.82. The van der Waals surface area contributed by atoms with Crippen LogP contribution in [0.1, 0.15) is 11.1 Å². The maximum Gasteiger partial charge on any atom is 0.190 e. The molecule has 0 bridgehead atoms. The molecule has 4 aromatic rings. The Kier molecular flexibility index (Phi) is 6.98. The molecule has 1 aliphatic rings. The SMILES string of the molecule is Cc1ccc(N(C)c2ccc3nc(Nc4cc(CN5CCN(CC=O)CC5)ccn4)sc3n2)cc1. The maximum absolute atomic E-state index is 10.7. The number of pyridine rings is 2. The molecule has 0 atom stereocenters. The van der Waals surface area contributed by atoms with Gasteiger partial charge in [-0.25, -0.2) is 15.0 Å². The number of nitrogens with one attached hydrogen (secondary N) is 1. The van der Waals surface area contributed by atoms with E-state index in [9.17, 15) is 4.79 Å². The van der Waals surface area contributed by atoms with E-state index in [2.05, 4.69) is 68.3 Å². The zero-order valence-corrected chi connectivity index (χ0v) is 20.8. The number of aromatic nitrogens is 3. The van der Waals surface area contributed by atoms with Crippen molar-refractivity contribution >= 4 is 50.4 Å². The lowest BCUT2D eigenvalue weighted by Crippen LogP contribution is -2.46. The number of thiazole rings is 1. The van der Waals surface area contributed by atoms with Crippen LogP contribution in [-0.4, -0.2) is 70.8 Å². The second-order valence-electron chi connectivity index (χ2n) is 8.83. The van der Waals surface area contributed by atoms with Gasteiger partial charge in [-0.1, -0.05) is 29.0 Å². The summed E-state index contributed by atoms with van der Waals surface area (Å²) in [5, 5.41) is 4.13. The Morgan fingerprint density at radius 2 is 1.80 bits per heavy atom. The van der Waals surface area contributed by atoms with E-state index < -0.39 is 0 Å². The Bertz CT molecular complexity index is 1300. The molecule has 3 aromatic heterocycles. The van der Waals surface area contributed by atoms with Crippen LogP contribution >= 0.6 is 11.3 Å². The number of carbonyl (C=O) groups is 1. The van der Waals surface area contributed by atoms with Crippen LogP contribution in [0.15, 0.2) is 54.7 Å². The van der Waals surface area contributed by atoms with Crippen molar-refractivity contribution in [1.82, 2.24) is 24.8 Å². The first-order valence-corrected chi connectivity index (χ1v) is 12.6. The van der Waals surface area contributed by atoms with Crippen LogP contribution in [0.4, 0.5) is 22.5 Å². The van der Waals surface area contributed by atoms with Gasteiger partial charge in [0.05, 0.1) is 6.54 Å². The molecule has 35 heavy (non-hydrogen) atoms. The molecule has 9 heteroatoms. The minimum Gasteiger partial charge on any atom is -0.329 e. The fraction of sp³-hybridized carbons (Fsp3) is 0.308. The van der Waals surface area contributed by atoms with Crippen molar-refractivity contribution in [3.8, 4) is 0 Å². The molecular formula is C26H29N7OS. The lowest BCUT2D eigenvalue weighted by atomic mass is 10.2. The number of hydrogen-bond donors (Lipinski definition) is 1. The number of anilines is 4. The van der Waals surface area contributed by atoms with Crippen molar-refractivity contribution in [3.63, 3.8) is 0 Å². The molecule has 0 radical (unpaired) electrons. The molecule has 0 saturated carbocycles. The van der Waals surface area contributed by atoms with E-state index in [0.717, 1.165) is 71.8 Å². The fourth-order valence-electron chi connectivity index (χ4n) is 4.19. The largest absolute Gasteiger partial charge is 0.329 e. The highest BCUT2D eigenvalue weighted by Crippen LogP contribution is 2.30. The standard InChI is InChI=1S/C26H29N7OS/c1-19-3-5-21(6-4-19)31(2)24-8-7-22-25(30-24)35-26(28-22)29-23-17-20(9-10-27-23)18-33-13-11-32(12-14-33)15-16-34/h3-10,16-17H,11-15,18H2,1-2H3,(H,27,28,29). The molecule has 180 valence electrons. The summed E-state index contributed by atoms with van der Waals surface area (Å²) >= 11 is 1.52. The van der Waals surface area contributed by atoms with Crippen LogP contribution in [0.25, 0.3) is 10.3 Å². The number of hydrogen-bond acceptors (Lipinski definition) is 9. The number of rotatable bonds is 8. The van der Waals surface area contributed by atoms with Crippen LogP contribution in [0.5, 0.6) is 0 Å². The lowest BCUT2D eigenvalue weighted by Gasteiger charge is -2.33. The van der Waals surface area contributed by atoms with Gasteiger partial charge >= 0.3 is 0 Å². The highest BCUT2D eigenvalue weighted by atomic mass is 32.1. The number of aldehydes is 1. The quantitative estimate of drug-likeness (QED) is 0.370. The lowest BCUT2D eigenvalue weighted by molar-refractivity contribution is -0.109. The van der Waals surface area contributed by atoms with Crippen molar-refractivity contribution < 1.29 is 4.79 Å².